The van der Waals surface area contributed by atoms with Gasteiger partial charge in [-0.2, -0.15) is 0 Å². The van der Waals surface area contributed by atoms with Crippen molar-refractivity contribution in [3.63, 3.8) is 0 Å². The number of hydrogen-bond acceptors (Lipinski definition) is 0. The van der Waals surface area contributed by atoms with Crippen molar-refractivity contribution < 1.29 is 0 Å². The van der Waals surface area contributed by atoms with Crippen molar-refractivity contribution >= 4 is 43.1 Å². The van der Waals surface area contributed by atoms with Gasteiger partial charge in [0.1, 0.15) is 0 Å². The first-order valence-corrected chi connectivity index (χ1v) is 14.0. The van der Waals surface area contributed by atoms with Crippen LogP contribution >= 0.6 is 0 Å². The van der Waals surface area contributed by atoms with Gasteiger partial charge in [0.2, 0.25) is 0 Å². The van der Waals surface area contributed by atoms with Crippen molar-refractivity contribution in [3.05, 3.63) is 146 Å². The summed E-state index contributed by atoms with van der Waals surface area (Å²) in [6, 6.07) is 53.6. The molecule has 0 unspecified atom stereocenters. The number of rotatable bonds is 2. The minimum Gasteiger partial charge on any atom is -0.0622 e. The number of benzene rings is 8. The van der Waals surface area contributed by atoms with Crippen LogP contribution in [0.1, 0.15) is 0 Å². The molecule has 0 aliphatic heterocycles. The normalized spacial score (nSPS) is 12.0. The van der Waals surface area contributed by atoms with Crippen molar-refractivity contribution in [2.45, 2.75) is 0 Å². The van der Waals surface area contributed by atoms with Gasteiger partial charge in [-0.05, 0) is 99.7 Å². The maximum atomic E-state index is 2.44. The van der Waals surface area contributed by atoms with Crippen molar-refractivity contribution in [2.75, 3.05) is 0 Å². The molecule has 0 fully saturated rings. The van der Waals surface area contributed by atoms with Gasteiger partial charge in [0, 0.05) is 0 Å². The molecule has 0 nitrogen and oxygen atoms in total. The zero-order valence-corrected chi connectivity index (χ0v) is 21.9. The van der Waals surface area contributed by atoms with Crippen molar-refractivity contribution in [2.24, 2.45) is 0 Å². The van der Waals surface area contributed by atoms with Crippen LogP contribution in [0.15, 0.2) is 146 Å². The summed E-state index contributed by atoms with van der Waals surface area (Å²) in [5.74, 6) is 0. The second-order valence-corrected chi connectivity index (χ2v) is 10.8. The Kier molecular flexibility index (Phi) is 4.42. The molecule has 184 valence electrons. The predicted molar refractivity (Wildman–Crippen MR) is 172 cm³/mol. The third-order valence-corrected chi connectivity index (χ3v) is 8.73. The van der Waals surface area contributed by atoms with Crippen LogP contribution < -0.4 is 0 Å². The van der Waals surface area contributed by atoms with Crippen LogP contribution in [0.25, 0.3) is 87.6 Å². The molecule has 8 aromatic rings. The van der Waals surface area contributed by atoms with E-state index in [2.05, 4.69) is 146 Å². The second kappa shape index (κ2) is 8.15. The van der Waals surface area contributed by atoms with Crippen LogP contribution in [0.4, 0.5) is 0 Å². The monoisotopic (exact) mass is 504 g/mol. The third-order valence-electron chi connectivity index (χ3n) is 8.73. The van der Waals surface area contributed by atoms with Gasteiger partial charge in [-0.25, -0.2) is 0 Å². The Morgan fingerprint density at radius 2 is 0.650 bits per heavy atom. The Balaban J connectivity index is 1.61. The molecule has 0 heterocycles. The summed E-state index contributed by atoms with van der Waals surface area (Å²) in [6.45, 7) is 0. The van der Waals surface area contributed by atoms with Gasteiger partial charge in [0.05, 0.1) is 0 Å². The zero-order chi connectivity index (χ0) is 26.2. The molecule has 8 aromatic carbocycles. The van der Waals surface area contributed by atoms with E-state index in [1.165, 1.54) is 87.6 Å². The quantitative estimate of drug-likeness (QED) is 0.205. The maximum Gasteiger partial charge on any atom is -0.000719 e. The van der Waals surface area contributed by atoms with Crippen LogP contribution in [0.2, 0.25) is 0 Å². The lowest BCUT2D eigenvalue weighted by atomic mass is 9.82. The molecule has 0 heteroatoms. The Hall–Kier alpha value is -5.20. The SMILES string of the molecule is c1ccc(-c2c3c(c(-c4ccccc4)c4ccccc24)-c2cc4ccccc4c4c2c-3cc2ccccc24)cc1. The van der Waals surface area contributed by atoms with Gasteiger partial charge >= 0.3 is 0 Å². The number of fused-ring (bicyclic) bond motifs is 8. The fourth-order valence-corrected chi connectivity index (χ4v) is 7.17. The summed E-state index contributed by atoms with van der Waals surface area (Å²) < 4.78 is 0. The summed E-state index contributed by atoms with van der Waals surface area (Å²) in [5, 5.41) is 10.5. The Bertz CT molecular complexity index is 2130. The molecule has 0 saturated heterocycles. The van der Waals surface area contributed by atoms with Gasteiger partial charge in [0.25, 0.3) is 0 Å². The maximum absolute atomic E-state index is 2.44. The fraction of sp³-hybridized carbons (Fsp3) is 0. The standard InChI is InChI=1S/C40H24/c1-3-13-25(14-4-1)35-31-21-11-12-22-32(31)36(26-15-5-2-6-16-26)40-34-24-28-18-8-10-20-30(28)37-29-19-9-7-17-27(29)23-33(38(34)37)39(35)40/h1-24H. The van der Waals surface area contributed by atoms with Crippen molar-refractivity contribution in [3.8, 4) is 44.5 Å². The first-order chi connectivity index (χ1) is 19.9. The Morgan fingerprint density at radius 3 is 1.10 bits per heavy atom. The first-order valence-electron chi connectivity index (χ1n) is 14.0. The second-order valence-electron chi connectivity index (χ2n) is 10.8. The van der Waals surface area contributed by atoms with Crippen LogP contribution in [0.5, 0.6) is 0 Å². The summed E-state index contributed by atoms with van der Waals surface area (Å²) in [7, 11) is 0. The highest BCUT2D eigenvalue weighted by Gasteiger charge is 2.31. The lowest BCUT2D eigenvalue weighted by Crippen LogP contribution is -1.93. The van der Waals surface area contributed by atoms with Crippen molar-refractivity contribution in [1.29, 1.82) is 0 Å². The average molecular weight is 505 g/mol. The molecule has 0 amide bonds. The molecular formula is C40H24. The predicted octanol–water partition coefficient (Wildman–Crippen LogP) is 11.3. The highest BCUT2D eigenvalue weighted by Crippen LogP contribution is 2.59. The fourth-order valence-electron chi connectivity index (χ4n) is 7.17. The molecule has 9 rings (SSSR count). The summed E-state index contributed by atoms with van der Waals surface area (Å²) in [5.41, 5.74) is 10.5. The highest BCUT2D eigenvalue weighted by atomic mass is 14.3. The van der Waals surface area contributed by atoms with E-state index >= 15 is 0 Å². The highest BCUT2D eigenvalue weighted by molar-refractivity contribution is 6.35. The van der Waals surface area contributed by atoms with Crippen molar-refractivity contribution in [1.82, 2.24) is 0 Å². The van der Waals surface area contributed by atoms with Gasteiger partial charge in [-0.3, -0.25) is 0 Å². The van der Waals surface area contributed by atoms with Gasteiger partial charge < -0.3 is 0 Å². The van der Waals surface area contributed by atoms with E-state index in [1.54, 1.807) is 0 Å². The van der Waals surface area contributed by atoms with Crippen LogP contribution in [0, 0.1) is 0 Å². The first kappa shape index (κ1) is 21.7. The van der Waals surface area contributed by atoms with E-state index in [4.69, 9.17) is 0 Å². The van der Waals surface area contributed by atoms with Gasteiger partial charge in [-0.15, -0.1) is 0 Å². The zero-order valence-electron chi connectivity index (χ0n) is 21.9. The smallest absolute Gasteiger partial charge is 0.000719 e. The van der Waals surface area contributed by atoms with Crippen LogP contribution in [-0.4, -0.2) is 0 Å². The molecule has 0 aromatic heterocycles. The minimum absolute atomic E-state index is 1.26. The lowest BCUT2D eigenvalue weighted by molar-refractivity contribution is 1.62. The summed E-state index contributed by atoms with van der Waals surface area (Å²) in [6.07, 6.45) is 0. The summed E-state index contributed by atoms with van der Waals surface area (Å²) >= 11 is 0. The van der Waals surface area contributed by atoms with Gasteiger partial charge in [0.15, 0.2) is 0 Å². The lowest BCUT2D eigenvalue weighted by Gasteiger charge is -2.20. The molecule has 0 N–H and O–H groups in total. The van der Waals surface area contributed by atoms with E-state index in [0.29, 0.717) is 0 Å². The molecule has 0 bridgehead atoms. The molecule has 40 heavy (non-hydrogen) atoms. The van der Waals surface area contributed by atoms with Gasteiger partial charge in [-0.1, -0.05) is 133 Å². The molecular weight excluding hydrogens is 480 g/mol. The number of hydrogen-bond donors (Lipinski definition) is 0. The summed E-state index contributed by atoms with van der Waals surface area (Å²) in [4.78, 5) is 0. The van der Waals surface area contributed by atoms with E-state index in [0.717, 1.165) is 0 Å². The average Bonchev–Trinajstić information content (AvgIpc) is 3.33. The van der Waals surface area contributed by atoms with E-state index in [-0.39, 0.29) is 0 Å². The van der Waals surface area contributed by atoms with E-state index in [1.807, 2.05) is 0 Å². The molecule has 0 saturated carbocycles. The van der Waals surface area contributed by atoms with Crippen LogP contribution in [-0.2, 0) is 0 Å². The molecule has 1 aliphatic rings. The third kappa shape index (κ3) is 2.85. The topological polar surface area (TPSA) is 0 Å². The molecule has 0 radical (unpaired) electrons. The molecule has 1 aliphatic carbocycles. The largest absolute Gasteiger partial charge is 0.0622 e. The Labute approximate surface area is 232 Å². The Morgan fingerprint density at radius 1 is 0.275 bits per heavy atom. The molecule has 0 atom stereocenters. The minimum atomic E-state index is 1.26. The van der Waals surface area contributed by atoms with E-state index < -0.39 is 0 Å². The molecule has 0 spiro atoms. The van der Waals surface area contributed by atoms with E-state index in [9.17, 15) is 0 Å². The van der Waals surface area contributed by atoms with Crippen LogP contribution in [0.3, 0.4) is 0 Å².